The van der Waals surface area contributed by atoms with Crippen molar-refractivity contribution < 1.29 is 14.3 Å². The highest BCUT2D eigenvalue weighted by Gasteiger charge is 2.03. The number of benzene rings is 1. The predicted octanol–water partition coefficient (Wildman–Crippen LogP) is 2.08. The van der Waals surface area contributed by atoms with Crippen LogP contribution in [-0.4, -0.2) is 18.9 Å². The number of hydrogen-bond donors (Lipinski definition) is 0. The van der Waals surface area contributed by atoms with Gasteiger partial charge in [0.15, 0.2) is 5.78 Å². The van der Waals surface area contributed by atoms with Gasteiger partial charge in [0.2, 0.25) is 0 Å². The smallest absolute Gasteiger partial charge is 0.330 e. The fraction of sp³-hybridized carbons (Fsp3) is 0.167. The molecule has 78 valence electrons. The number of esters is 1. The Morgan fingerprint density at radius 3 is 2.53 bits per heavy atom. The van der Waals surface area contributed by atoms with E-state index in [9.17, 15) is 9.59 Å². The van der Waals surface area contributed by atoms with E-state index in [1.165, 1.54) is 20.1 Å². The summed E-state index contributed by atoms with van der Waals surface area (Å²) in [7, 11) is 1.31. The third-order valence-electron chi connectivity index (χ3n) is 1.94. The molecule has 0 fully saturated rings. The van der Waals surface area contributed by atoms with Gasteiger partial charge in [-0.2, -0.15) is 0 Å². The van der Waals surface area contributed by atoms with E-state index < -0.39 is 5.97 Å². The second kappa shape index (κ2) is 5.10. The van der Waals surface area contributed by atoms with E-state index in [4.69, 9.17) is 0 Å². The number of carbonyl (C=O) groups excluding carboxylic acids is 2. The lowest BCUT2D eigenvalue weighted by Crippen LogP contribution is -1.97. The SMILES string of the molecule is COC(=O)/C=C\c1ccccc1C(C)=O. The van der Waals surface area contributed by atoms with E-state index >= 15 is 0 Å². The monoisotopic (exact) mass is 204 g/mol. The first-order chi connectivity index (χ1) is 7.15. The van der Waals surface area contributed by atoms with Crippen LogP contribution < -0.4 is 0 Å². The molecule has 0 spiro atoms. The number of rotatable bonds is 3. The number of methoxy groups -OCH3 is 1. The Balaban J connectivity index is 2.99. The van der Waals surface area contributed by atoms with Gasteiger partial charge in [-0.15, -0.1) is 0 Å². The summed E-state index contributed by atoms with van der Waals surface area (Å²) in [5.41, 5.74) is 1.31. The molecule has 1 aromatic rings. The average Bonchev–Trinajstić information content (AvgIpc) is 2.26. The van der Waals surface area contributed by atoms with E-state index in [-0.39, 0.29) is 5.78 Å². The van der Waals surface area contributed by atoms with Crippen LogP contribution in [0, 0.1) is 0 Å². The first kappa shape index (κ1) is 11.2. The topological polar surface area (TPSA) is 43.4 Å². The van der Waals surface area contributed by atoms with Gasteiger partial charge < -0.3 is 4.74 Å². The fourth-order valence-corrected chi connectivity index (χ4v) is 1.19. The quantitative estimate of drug-likeness (QED) is 0.430. The van der Waals surface area contributed by atoms with E-state index in [0.717, 1.165) is 5.56 Å². The average molecular weight is 204 g/mol. The molecule has 0 saturated carbocycles. The van der Waals surface area contributed by atoms with Crippen molar-refractivity contribution in [2.24, 2.45) is 0 Å². The summed E-state index contributed by atoms with van der Waals surface area (Å²) in [5, 5.41) is 0. The first-order valence-corrected chi connectivity index (χ1v) is 4.51. The first-order valence-electron chi connectivity index (χ1n) is 4.51. The second-order valence-corrected chi connectivity index (χ2v) is 3.00. The van der Waals surface area contributed by atoms with Crippen molar-refractivity contribution in [1.29, 1.82) is 0 Å². The van der Waals surface area contributed by atoms with Gasteiger partial charge in [-0.25, -0.2) is 4.79 Å². The van der Waals surface area contributed by atoms with Gasteiger partial charge in [0.05, 0.1) is 7.11 Å². The van der Waals surface area contributed by atoms with Crippen LogP contribution in [0.5, 0.6) is 0 Å². The molecule has 0 amide bonds. The van der Waals surface area contributed by atoms with Crippen LogP contribution in [0.25, 0.3) is 6.08 Å². The lowest BCUT2D eigenvalue weighted by Gasteiger charge is -2.00. The minimum atomic E-state index is -0.437. The Hall–Kier alpha value is -1.90. The number of hydrogen-bond acceptors (Lipinski definition) is 3. The molecule has 0 bridgehead atoms. The van der Waals surface area contributed by atoms with Crippen LogP contribution in [0.3, 0.4) is 0 Å². The van der Waals surface area contributed by atoms with E-state index in [0.29, 0.717) is 5.56 Å². The van der Waals surface area contributed by atoms with Crippen molar-refractivity contribution in [2.75, 3.05) is 7.11 Å². The summed E-state index contributed by atoms with van der Waals surface area (Å²) in [5.74, 6) is -0.464. The van der Waals surface area contributed by atoms with E-state index in [1.54, 1.807) is 24.3 Å². The highest BCUT2D eigenvalue weighted by atomic mass is 16.5. The van der Waals surface area contributed by atoms with Crippen molar-refractivity contribution in [2.45, 2.75) is 6.92 Å². The van der Waals surface area contributed by atoms with Crippen LogP contribution in [-0.2, 0) is 9.53 Å². The Bertz CT molecular complexity index is 405. The van der Waals surface area contributed by atoms with Crippen molar-refractivity contribution >= 4 is 17.8 Å². The number of ether oxygens (including phenoxy) is 1. The maximum absolute atomic E-state index is 11.2. The third kappa shape index (κ3) is 3.06. The van der Waals surface area contributed by atoms with Crippen LogP contribution in [0.4, 0.5) is 0 Å². The fourth-order valence-electron chi connectivity index (χ4n) is 1.19. The molecule has 0 aliphatic rings. The predicted molar refractivity (Wildman–Crippen MR) is 57.5 cm³/mol. The van der Waals surface area contributed by atoms with Gasteiger partial charge in [-0.3, -0.25) is 4.79 Å². The molecule has 0 aliphatic carbocycles. The van der Waals surface area contributed by atoms with Gasteiger partial charge in [-0.05, 0) is 18.6 Å². The molecule has 0 radical (unpaired) electrons. The zero-order chi connectivity index (χ0) is 11.3. The molecule has 0 aliphatic heterocycles. The summed E-state index contributed by atoms with van der Waals surface area (Å²) in [6.07, 6.45) is 2.87. The lowest BCUT2D eigenvalue weighted by molar-refractivity contribution is -0.134. The summed E-state index contributed by atoms with van der Waals surface area (Å²) < 4.78 is 4.46. The Kier molecular flexibility index (Phi) is 3.80. The van der Waals surface area contributed by atoms with Gasteiger partial charge >= 0.3 is 5.97 Å². The maximum atomic E-state index is 11.2. The minimum absolute atomic E-state index is 0.0277. The number of Topliss-reactive ketones (excluding diaryl/α,β-unsaturated/α-hetero) is 1. The van der Waals surface area contributed by atoms with Gasteiger partial charge in [0.1, 0.15) is 0 Å². The Labute approximate surface area is 88.4 Å². The molecule has 0 atom stereocenters. The van der Waals surface area contributed by atoms with Crippen molar-refractivity contribution in [3.8, 4) is 0 Å². The van der Waals surface area contributed by atoms with E-state index in [1.807, 2.05) is 6.07 Å². The summed E-state index contributed by atoms with van der Waals surface area (Å²) in [4.78, 5) is 22.1. The van der Waals surface area contributed by atoms with Crippen molar-refractivity contribution in [1.82, 2.24) is 0 Å². The normalized spacial score (nSPS) is 10.3. The molecule has 3 heteroatoms. The van der Waals surface area contributed by atoms with Crippen LogP contribution in [0.15, 0.2) is 30.3 Å². The highest BCUT2D eigenvalue weighted by molar-refractivity contribution is 5.99. The third-order valence-corrected chi connectivity index (χ3v) is 1.94. The molecular weight excluding hydrogens is 192 g/mol. The van der Waals surface area contributed by atoms with E-state index in [2.05, 4.69) is 4.74 Å². The van der Waals surface area contributed by atoms with Gasteiger partial charge in [0.25, 0.3) is 0 Å². The van der Waals surface area contributed by atoms with Crippen molar-refractivity contribution in [3.05, 3.63) is 41.5 Å². The van der Waals surface area contributed by atoms with Crippen molar-refractivity contribution in [3.63, 3.8) is 0 Å². The van der Waals surface area contributed by atoms with Crippen LogP contribution in [0.2, 0.25) is 0 Å². The summed E-state index contributed by atoms with van der Waals surface area (Å²) in [6.45, 7) is 1.49. The number of carbonyl (C=O) groups is 2. The summed E-state index contributed by atoms with van der Waals surface area (Å²) >= 11 is 0. The standard InChI is InChI=1S/C12H12O3/c1-9(13)11-6-4-3-5-10(11)7-8-12(14)15-2/h3-8H,1-2H3/b8-7-. The molecular formula is C12H12O3. The Morgan fingerprint density at radius 1 is 1.27 bits per heavy atom. The zero-order valence-corrected chi connectivity index (χ0v) is 8.69. The molecule has 0 aromatic heterocycles. The second-order valence-electron chi connectivity index (χ2n) is 3.00. The zero-order valence-electron chi connectivity index (χ0n) is 8.69. The molecule has 0 heterocycles. The molecule has 0 saturated heterocycles. The molecule has 15 heavy (non-hydrogen) atoms. The molecule has 1 aromatic carbocycles. The molecule has 1 rings (SSSR count). The molecule has 0 N–H and O–H groups in total. The van der Waals surface area contributed by atoms with Crippen LogP contribution >= 0.6 is 0 Å². The maximum Gasteiger partial charge on any atom is 0.330 e. The highest BCUT2D eigenvalue weighted by Crippen LogP contribution is 2.11. The largest absolute Gasteiger partial charge is 0.466 e. The van der Waals surface area contributed by atoms with Gasteiger partial charge in [-0.1, -0.05) is 24.3 Å². The minimum Gasteiger partial charge on any atom is -0.466 e. The lowest BCUT2D eigenvalue weighted by atomic mass is 10.0. The summed E-state index contributed by atoms with van der Waals surface area (Å²) in [6, 6.07) is 7.09. The Morgan fingerprint density at radius 2 is 1.93 bits per heavy atom. The van der Waals surface area contributed by atoms with Crippen LogP contribution in [0.1, 0.15) is 22.8 Å². The number of ketones is 1. The molecule has 0 unspecified atom stereocenters. The van der Waals surface area contributed by atoms with Gasteiger partial charge in [0, 0.05) is 11.6 Å². The molecule has 3 nitrogen and oxygen atoms in total.